The van der Waals surface area contributed by atoms with Crippen LogP contribution in [0.1, 0.15) is 28.4 Å². The highest BCUT2D eigenvalue weighted by Gasteiger charge is 2.13. The second-order valence-electron chi connectivity index (χ2n) is 2.86. The van der Waals surface area contributed by atoms with Crippen LogP contribution in [0.2, 0.25) is 0 Å². The average Bonchev–Trinajstić information content (AvgIpc) is 2.18. The molecule has 5 heteroatoms. The Morgan fingerprint density at radius 3 is 2.93 bits per heavy atom. The van der Waals surface area contributed by atoms with Crippen molar-refractivity contribution in [3.63, 3.8) is 0 Å². The molecule has 0 aliphatic rings. The molecule has 78 valence electrons. The number of nitriles is 1. The number of aromatic amines is 1. The first-order valence-corrected chi connectivity index (χ1v) is 4.82. The number of rotatable bonds is 2. The van der Waals surface area contributed by atoms with Crippen LogP contribution >= 0.6 is 12.2 Å². The molecule has 4 nitrogen and oxygen atoms in total. The lowest BCUT2D eigenvalue weighted by Gasteiger charge is -2.06. The summed E-state index contributed by atoms with van der Waals surface area (Å²) in [7, 11) is 0. The molecule has 0 fully saturated rings. The molecule has 0 aliphatic carbocycles. The van der Waals surface area contributed by atoms with E-state index in [1.807, 2.05) is 6.07 Å². The van der Waals surface area contributed by atoms with Gasteiger partial charge in [0.15, 0.2) is 0 Å². The second kappa shape index (κ2) is 4.71. The van der Waals surface area contributed by atoms with E-state index in [-0.39, 0.29) is 0 Å². The second-order valence-corrected chi connectivity index (χ2v) is 3.27. The molecule has 1 rings (SSSR count). The summed E-state index contributed by atoms with van der Waals surface area (Å²) < 4.78 is 5.18. The number of nitrogens with zero attached hydrogens (tertiary/aromatic N) is 1. The molecular weight excluding hydrogens is 212 g/mol. The molecule has 0 atom stereocenters. The highest BCUT2D eigenvalue weighted by atomic mass is 32.1. The molecule has 0 bridgehead atoms. The fraction of sp³-hybridized carbons (Fsp3) is 0.300. The van der Waals surface area contributed by atoms with Gasteiger partial charge < -0.3 is 9.72 Å². The number of hydrogen-bond donors (Lipinski definition) is 1. The molecule has 0 saturated carbocycles. The standard InChI is InChI=1S/C10H10N2O2S/c1-3-14-10(13)8-5-12-9(15)7(4-11)6(8)2/h5H,3H2,1-2H3,(H,12,15). The minimum atomic E-state index is -0.447. The molecule has 15 heavy (non-hydrogen) atoms. The molecule has 0 aliphatic heterocycles. The van der Waals surface area contributed by atoms with Gasteiger partial charge in [0.2, 0.25) is 0 Å². The molecule has 1 aromatic heterocycles. The lowest BCUT2D eigenvalue weighted by Crippen LogP contribution is -2.08. The number of aromatic nitrogens is 1. The van der Waals surface area contributed by atoms with Gasteiger partial charge in [-0.2, -0.15) is 5.26 Å². The van der Waals surface area contributed by atoms with Crippen molar-refractivity contribution in [2.75, 3.05) is 6.61 Å². The molecular formula is C10H10N2O2S. The summed E-state index contributed by atoms with van der Waals surface area (Å²) in [4.78, 5) is 14.2. The first kappa shape index (κ1) is 11.4. The van der Waals surface area contributed by atoms with Crippen LogP contribution in [0, 0.1) is 22.9 Å². The van der Waals surface area contributed by atoms with E-state index in [4.69, 9.17) is 22.2 Å². The van der Waals surface area contributed by atoms with Crippen LogP contribution in [0.4, 0.5) is 0 Å². The van der Waals surface area contributed by atoms with Crippen molar-refractivity contribution >= 4 is 18.2 Å². The van der Waals surface area contributed by atoms with Crippen molar-refractivity contribution in [2.45, 2.75) is 13.8 Å². The summed E-state index contributed by atoms with van der Waals surface area (Å²) in [5.74, 6) is -0.447. The fourth-order valence-electron chi connectivity index (χ4n) is 1.18. The quantitative estimate of drug-likeness (QED) is 0.614. The van der Waals surface area contributed by atoms with Crippen LogP contribution < -0.4 is 0 Å². The monoisotopic (exact) mass is 222 g/mol. The molecule has 0 saturated heterocycles. The van der Waals surface area contributed by atoms with Gasteiger partial charge in [0.1, 0.15) is 10.7 Å². The molecule has 1 aromatic rings. The number of pyridine rings is 1. The lowest BCUT2D eigenvalue weighted by molar-refractivity contribution is 0.0525. The van der Waals surface area contributed by atoms with E-state index < -0.39 is 5.97 Å². The SMILES string of the molecule is CCOC(=O)c1c[nH]c(=S)c(C#N)c1C. The van der Waals surface area contributed by atoms with E-state index in [0.717, 1.165) is 0 Å². The third-order valence-corrected chi connectivity index (χ3v) is 2.28. The third kappa shape index (κ3) is 2.22. The van der Waals surface area contributed by atoms with Crippen molar-refractivity contribution in [2.24, 2.45) is 0 Å². The molecule has 0 unspecified atom stereocenters. The van der Waals surface area contributed by atoms with E-state index in [2.05, 4.69) is 4.98 Å². The van der Waals surface area contributed by atoms with E-state index in [0.29, 0.717) is 27.9 Å². The van der Waals surface area contributed by atoms with Crippen molar-refractivity contribution in [3.05, 3.63) is 27.5 Å². The lowest BCUT2D eigenvalue weighted by atomic mass is 10.1. The summed E-state index contributed by atoms with van der Waals surface area (Å²) in [6.45, 7) is 3.70. The first-order valence-electron chi connectivity index (χ1n) is 4.41. The number of carbonyl (C=O) groups excluding carboxylic acids is 1. The number of H-pyrrole nitrogens is 1. The van der Waals surface area contributed by atoms with Gasteiger partial charge in [0, 0.05) is 6.20 Å². The van der Waals surface area contributed by atoms with Gasteiger partial charge in [0.05, 0.1) is 17.7 Å². The number of carbonyl (C=O) groups is 1. The largest absolute Gasteiger partial charge is 0.462 e. The molecule has 1 heterocycles. The Bertz CT molecular complexity index is 485. The zero-order valence-electron chi connectivity index (χ0n) is 8.46. The molecule has 1 N–H and O–H groups in total. The highest BCUT2D eigenvalue weighted by Crippen LogP contribution is 2.13. The van der Waals surface area contributed by atoms with Gasteiger partial charge in [-0.25, -0.2) is 4.79 Å². The van der Waals surface area contributed by atoms with Crippen LogP contribution in [0.15, 0.2) is 6.20 Å². The molecule has 0 radical (unpaired) electrons. The van der Waals surface area contributed by atoms with Gasteiger partial charge in [-0.3, -0.25) is 0 Å². The van der Waals surface area contributed by atoms with Crippen molar-refractivity contribution in [1.82, 2.24) is 4.98 Å². The van der Waals surface area contributed by atoms with Crippen LogP contribution in [-0.2, 0) is 4.74 Å². The van der Waals surface area contributed by atoms with E-state index >= 15 is 0 Å². The Balaban J connectivity index is 3.29. The van der Waals surface area contributed by atoms with Crippen molar-refractivity contribution in [3.8, 4) is 6.07 Å². The predicted molar refractivity (Wildman–Crippen MR) is 57.0 cm³/mol. The summed E-state index contributed by atoms with van der Waals surface area (Å²) >= 11 is 4.92. The Labute approximate surface area is 92.5 Å². The molecule has 0 amide bonds. The number of esters is 1. The van der Waals surface area contributed by atoms with E-state index in [1.165, 1.54) is 6.20 Å². The normalized spacial score (nSPS) is 9.40. The summed E-state index contributed by atoms with van der Waals surface area (Å²) in [6.07, 6.45) is 1.47. The molecule has 0 aromatic carbocycles. The Kier molecular flexibility index (Phi) is 3.58. The third-order valence-electron chi connectivity index (χ3n) is 1.96. The van der Waals surface area contributed by atoms with Gasteiger partial charge in [-0.15, -0.1) is 0 Å². The van der Waals surface area contributed by atoms with Gasteiger partial charge >= 0.3 is 5.97 Å². The van der Waals surface area contributed by atoms with E-state index in [1.54, 1.807) is 13.8 Å². The Morgan fingerprint density at radius 2 is 2.40 bits per heavy atom. The van der Waals surface area contributed by atoms with Crippen LogP contribution in [0.5, 0.6) is 0 Å². The zero-order chi connectivity index (χ0) is 11.4. The van der Waals surface area contributed by atoms with Gasteiger partial charge in [-0.05, 0) is 19.4 Å². The zero-order valence-corrected chi connectivity index (χ0v) is 9.27. The highest BCUT2D eigenvalue weighted by molar-refractivity contribution is 7.71. The molecule has 0 spiro atoms. The summed E-state index contributed by atoms with van der Waals surface area (Å²) in [6, 6.07) is 1.96. The topological polar surface area (TPSA) is 65.9 Å². The Hall–Kier alpha value is -1.67. The number of hydrogen-bond acceptors (Lipinski definition) is 4. The maximum absolute atomic E-state index is 11.5. The summed E-state index contributed by atoms with van der Waals surface area (Å²) in [5.41, 5.74) is 1.22. The smallest absolute Gasteiger partial charge is 0.339 e. The van der Waals surface area contributed by atoms with Crippen LogP contribution in [-0.4, -0.2) is 17.6 Å². The maximum atomic E-state index is 11.5. The van der Waals surface area contributed by atoms with E-state index in [9.17, 15) is 4.79 Å². The number of nitrogens with one attached hydrogen (secondary N) is 1. The number of ether oxygens (including phenoxy) is 1. The first-order chi connectivity index (χ1) is 7.11. The fourth-order valence-corrected chi connectivity index (χ4v) is 1.44. The average molecular weight is 222 g/mol. The van der Waals surface area contributed by atoms with Gasteiger partial charge in [0.25, 0.3) is 0 Å². The van der Waals surface area contributed by atoms with Crippen LogP contribution in [0.25, 0.3) is 0 Å². The summed E-state index contributed by atoms with van der Waals surface area (Å²) in [5, 5.41) is 8.85. The predicted octanol–water partition coefficient (Wildman–Crippen LogP) is 2.10. The minimum Gasteiger partial charge on any atom is -0.462 e. The van der Waals surface area contributed by atoms with Crippen LogP contribution in [0.3, 0.4) is 0 Å². The van der Waals surface area contributed by atoms with Gasteiger partial charge in [-0.1, -0.05) is 12.2 Å². The minimum absolute atomic E-state index is 0.301. The van der Waals surface area contributed by atoms with Crippen molar-refractivity contribution in [1.29, 1.82) is 5.26 Å². The Morgan fingerprint density at radius 1 is 1.73 bits per heavy atom. The maximum Gasteiger partial charge on any atom is 0.339 e. The van der Waals surface area contributed by atoms with Crippen molar-refractivity contribution < 1.29 is 9.53 Å².